The Morgan fingerprint density at radius 2 is 1.83 bits per heavy atom. The topological polar surface area (TPSA) is 99.1 Å². The number of hydrogen-bond acceptors (Lipinski definition) is 4. The van der Waals surface area contributed by atoms with E-state index in [4.69, 9.17) is 5.11 Å². The summed E-state index contributed by atoms with van der Waals surface area (Å²) < 4.78 is 0. The first kappa shape index (κ1) is 11.8. The molecule has 0 saturated carbocycles. The maximum Gasteiger partial charge on any atom is 0.425 e. The summed E-state index contributed by atoms with van der Waals surface area (Å²) >= 11 is 0. The number of benzene rings is 1. The molecule has 7 nitrogen and oxygen atoms in total. The van der Waals surface area contributed by atoms with E-state index < -0.39 is 17.9 Å². The Morgan fingerprint density at radius 3 is 2.33 bits per heavy atom. The SMILES string of the molecule is O=C(O)N/N=C/CN1C(=O)c2ccccc2C1=O. The van der Waals surface area contributed by atoms with Crippen LogP contribution in [0.3, 0.4) is 0 Å². The van der Waals surface area contributed by atoms with Crippen molar-refractivity contribution in [2.24, 2.45) is 5.10 Å². The third kappa shape index (κ3) is 2.05. The molecule has 0 spiro atoms. The minimum atomic E-state index is -1.31. The monoisotopic (exact) mass is 247 g/mol. The summed E-state index contributed by atoms with van der Waals surface area (Å²) in [7, 11) is 0. The lowest BCUT2D eigenvalue weighted by Crippen LogP contribution is -2.32. The van der Waals surface area contributed by atoms with Crippen LogP contribution >= 0.6 is 0 Å². The number of rotatable bonds is 3. The van der Waals surface area contributed by atoms with E-state index in [2.05, 4.69) is 5.10 Å². The quantitative estimate of drug-likeness (QED) is 0.462. The first-order valence-corrected chi connectivity index (χ1v) is 5.07. The smallest absolute Gasteiger partial charge is 0.425 e. The van der Waals surface area contributed by atoms with Gasteiger partial charge in [-0.2, -0.15) is 5.10 Å². The van der Waals surface area contributed by atoms with Gasteiger partial charge in [0.15, 0.2) is 0 Å². The molecular formula is C11H9N3O4. The highest BCUT2D eigenvalue weighted by Gasteiger charge is 2.34. The van der Waals surface area contributed by atoms with E-state index in [1.54, 1.807) is 29.7 Å². The number of fused-ring (bicyclic) bond motifs is 1. The van der Waals surface area contributed by atoms with E-state index in [1.807, 2.05) is 0 Å². The molecule has 1 aliphatic rings. The van der Waals surface area contributed by atoms with Gasteiger partial charge in [0.25, 0.3) is 11.8 Å². The zero-order valence-electron chi connectivity index (χ0n) is 9.16. The molecule has 0 aliphatic carbocycles. The molecule has 0 saturated heterocycles. The lowest BCUT2D eigenvalue weighted by Gasteiger charge is -2.09. The summed E-state index contributed by atoms with van der Waals surface area (Å²) in [5.41, 5.74) is 2.46. The highest BCUT2D eigenvalue weighted by Crippen LogP contribution is 2.21. The molecule has 0 bridgehead atoms. The molecule has 92 valence electrons. The van der Waals surface area contributed by atoms with Crippen LogP contribution in [0, 0.1) is 0 Å². The average Bonchev–Trinajstić information content (AvgIpc) is 2.59. The van der Waals surface area contributed by atoms with Crippen molar-refractivity contribution in [3.8, 4) is 0 Å². The van der Waals surface area contributed by atoms with Crippen molar-refractivity contribution < 1.29 is 19.5 Å². The van der Waals surface area contributed by atoms with Crippen LogP contribution in [0.2, 0.25) is 0 Å². The minimum Gasteiger partial charge on any atom is -0.464 e. The maximum absolute atomic E-state index is 11.8. The molecule has 1 aromatic rings. The molecule has 1 aromatic carbocycles. The summed E-state index contributed by atoms with van der Waals surface area (Å²) in [6.07, 6.45) is -0.163. The number of imide groups is 1. The molecule has 0 fully saturated rings. The molecular weight excluding hydrogens is 238 g/mol. The molecule has 0 atom stereocenters. The van der Waals surface area contributed by atoms with E-state index in [0.717, 1.165) is 11.1 Å². The Bertz CT molecular complexity index is 518. The summed E-state index contributed by atoms with van der Waals surface area (Å²) in [5.74, 6) is -0.810. The van der Waals surface area contributed by atoms with Crippen LogP contribution in [0.15, 0.2) is 29.4 Å². The second-order valence-electron chi connectivity index (χ2n) is 3.50. The molecule has 2 N–H and O–H groups in total. The summed E-state index contributed by atoms with van der Waals surface area (Å²) in [6.45, 7) is -0.0768. The van der Waals surface area contributed by atoms with Gasteiger partial charge in [0.2, 0.25) is 0 Å². The van der Waals surface area contributed by atoms with Crippen LogP contribution in [-0.2, 0) is 0 Å². The molecule has 0 aromatic heterocycles. The predicted molar refractivity (Wildman–Crippen MR) is 61.5 cm³/mol. The number of hydrazone groups is 1. The number of carbonyl (C=O) groups excluding carboxylic acids is 2. The van der Waals surface area contributed by atoms with E-state index in [0.29, 0.717) is 11.1 Å². The second-order valence-corrected chi connectivity index (χ2v) is 3.50. The number of amides is 3. The Hall–Kier alpha value is -2.70. The molecule has 2 rings (SSSR count). The Labute approximate surface area is 102 Å². The average molecular weight is 247 g/mol. The number of nitrogens with zero attached hydrogens (tertiary/aromatic N) is 2. The third-order valence-electron chi connectivity index (χ3n) is 2.39. The van der Waals surface area contributed by atoms with E-state index in [1.165, 1.54) is 0 Å². The predicted octanol–water partition coefficient (Wildman–Crippen LogP) is 0.536. The van der Waals surface area contributed by atoms with E-state index >= 15 is 0 Å². The second kappa shape index (κ2) is 4.66. The summed E-state index contributed by atoms with van der Waals surface area (Å²) in [5, 5.41) is 11.6. The number of nitrogens with one attached hydrogen (secondary N) is 1. The largest absolute Gasteiger partial charge is 0.464 e. The first-order chi connectivity index (χ1) is 8.61. The highest BCUT2D eigenvalue weighted by atomic mass is 16.4. The van der Waals surface area contributed by atoms with Gasteiger partial charge in [-0.3, -0.25) is 14.5 Å². The third-order valence-corrected chi connectivity index (χ3v) is 2.39. The molecule has 7 heteroatoms. The normalized spacial score (nSPS) is 14.1. The van der Waals surface area contributed by atoms with Crippen LogP contribution in [0.4, 0.5) is 4.79 Å². The fourth-order valence-electron chi connectivity index (χ4n) is 1.63. The van der Waals surface area contributed by atoms with Crippen molar-refractivity contribution >= 4 is 24.1 Å². The van der Waals surface area contributed by atoms with Crippen molar-refractivity contribution in [1.29, 1.82) is 0 Å². The number of carbonyl (C=O) groups is 3. The van der Waals surface area contributed by atoms with Crippen molar-refractivity contribution in [3.63, 3.8) is 0 Å². The van der Waals surface area contributed by atoms with Gasteiger partial charge in [0.1, 0.15) is 0 Å². The maximum atomic E-state index is 11.8. The Kier molecular flexibility index (Phi) is 3.05. The van der Waals surface area contributed by atoms with E-state index in [-0.39, 0.29) is 6.54 Å². The summed E-state index contributed by atoms with van der Waals surface area (Å²) in [4.78, 5) is 34.8. The molecule has 3 amide bonds. The molecule has 0 unspecified atom stereocenters. The van der Waals surface area contributed by atoms with Gasteiger partial charge in [0, 0.05) is 6.21 Å². The first-order valence-electron chi connectivity index (χ1n) is 5.07. The van der Waals surface area contributed by atoms with Gasteiger partial charge in [-0.25, -0.2) is 10.2 Å². The Balaban J connectivity index is 2.09. The van der Waals surface area contributed by atoms with Gasteiger partial charge in [-0.15, -0.1) is 0 Å². The van der Waals surface area contributed by atoms with Gasteiger partial charge >= 0.3 is 6.09 Å². The van der Waals surface area contributed by atoms with Gasteiger partial charge < -0.3 is 5.11 Å². The fourth-order valence-corrected chi connectivity index (χ4v) is 1.63. The number of hydrogen-bond donors (Lipinski definition) is 2. The van der Waals surface area contributed by atoms with Crippen LogP contribution in [-0.4, -0.2) is 40.7 Å². The Morgan fingerprint density at radius 1 is 1.28 bits per heavy atom. The molecule has 0 radical (unpaired) electrons. The molecule has 1 heterocycles. The van der Waals surface area contributed by atoms with E-state index in [9.17, 15) is 14.4 Å². The van der Waals surface area contributed by atoms with Gasteiger partial charge in [-0.1, -0.05) is 12.1 Å². The minimum absolute atomic E-state index is 0.0768. The van der Waals surface area contributed by atoms with Crippen molar-refractivity contribution in [3.05, 3.63) is 35.4 Å². The van der Waals surface area contributed by atoms with Crippen molar-refractivity contribution in [2.75, 3.05) is 6.54 Å². The zero-order valence-corrected chi connectivity index (χ0v) is 9.16. The van der Waals surface area contributed by atoms with Crippen molar-refractivity contribution in [2.45, 2.75) is 0 Å². The van der Waals surface area contributed by atoms with Crippen LogP contribution < -0.4 is 5.43 Å². The zero-order chi connectivity index (χ0) is 13.1. The van der Waals surface area contributed by atoms with Gasteiger partial charge in [0.05, 0.1) is 17.7 Å². The molecule has 1 aliphatic heterocycles. The van der Waals surface area contributed by atoms with Crippen LogP contribution in [0.1, 0.15) is 20.7 Å². The highest BCUT2D eigenvalue weighted by molar-refractivity contribution is 6.22. The molecule has 18 heavy (non-hydrogen) atoms. The lowest BCUT2D eigenvalue weighted by molar-refractivity contribution is 0.0679. The number of carboxylic acid groups (broad SMARTS) is 1. The standard InChI is InChI=1S/C11H9N3O4/c15-9-7-3-1-2-4-8(7)10(16)14(9)6-5-12-13-11(17)18/h1-5,13H,6H2,(H,17,18)/b12-5+. The van der Waals surface area contributed by atoms with Crippen molar-refractivity contribution in [1.82, 2.24) is 10.3 Å². The fraction of sp³-hybridized carbons (Fsp3) is 0.0909. The summed E-state index contributed by atoms with van der Waals surface area (Å²) in [6, 6.07) is 6.49. The van der Waals surface area contributed by atoms with Gasteiger partial charge in [-0.05, 0) is 12.1 Å². The lowest BCUT2D eigenvalue weighted by atomic mass is 10.1. The van der Waals surface area contributed by atoms with Crippen LogP contribution in [0.25, 0.3) is 0 Å². The van der Waals surface area contributed by atoms with Crippen LogP contribution in [0.5, 0.6) is 0 Å².